The molecule has 0 spiro atoms. The van der Waals surface area contributed by atoms with Crippen LogP contribution in [-0.4, -0.2) is 25.3 Å². The molecule has 0 saturated carbocycles. The van der Waals surface area contributed by atoms with Crippen LogP contribution in [0.3, 0.4) is 0 Å². The van der Waals surface area contributed by atoms with Crippen molar-refractivity contribution in [3.8, 4) is 5.75 Å². The van der Waals surface area contributed by atoms with Crippen molar-refractivity contribution < 1.29 is 9.53 Å². The quantitative estimate of drug-likeness (QED) is 0.489. The van der Waals surface area contributed by atoms with E-state index in [1.807, 2.05) is 42.7 Å². The Morgan fingerprint density at radius 3 is 2.67 bits per heavy atom. The summed E-state index contributed by atoms with van der Waals surface area (Å²) < 4.78 is 5.51. The number of benzene rings is 2. The number of hydrogen-bond acceptors (Lipinski definition) is 4. The molecule has 2 rings (SSSR count). The zero-order chi connectivity index (χ0) is 15.1. The molecule has 2 aromatic carbocycles. The van der Waals surface area contributed by atoms with Crippen LogP contribution in [0.5, 0.6) is 5.75 Å². The summed E-state index contributed by atoms with van der Waals surface area (Å²) in [6.45, 7) is 0.843. The summed E-state index contributed by atoms with van der Waals surface area (Å²) >= 11 is 1.65. The number of carbonyl (C=O) groups excluding carboxylic acids is 1. The zero-order valence-corrected chi connectivity index (χ0v) is 12.7. The van der Waals surface area contributed by atoms with Gasteiger partial charge in [0.15, 0.2) is 0 Å². The molecule has 0 heterocycles. The van der Waals surface area contributed by atoms with Gasteiger partial charge in [0.25, 0.3) is 5.91 Å². The standard InChI is InChI=1S/C16H18N2O2S/c1-21-15-7-5-12(6-8-15)16(19)18-9-10-20-14-4-2-3-13(17)11-14/h2-8,11H,9-10,17H2,1H3,(H,18,19). The number of ether oxygens (including phenoxy) is 1. The first-order valence-electron chi connectivity index (χ1n) is 6.59. The molecular weight excluding hydrogens is 284 g/mol. The summed E-state index contributed by atoms with van der Waals surface area (Å²) in [5.41, 5.74) is 6.97. The summed E-state index contributed by atoms with van der Waals surface area (Å²) in [5.74, 6) is 0.604. The monoisotopic (exact) mass is 302 g/mol. The van der Waals surface area contributed by atoms with Crippen molar-refractivity contribution in [3.05, 3.63) is 54.1 Å². The highest BCUT2D eigenvalue weighted by Gasteiger charge is 2.04. The number of thioether (sulfide) groups is 1. The summed E-state index contributed by atoms with van der Waals surface area (Å²) in [6, 6.07) is 14.7. The molecule has 0 atom stereocenters. The number of rotatable bonds is 6. The number of anilines is 1. The number of carbonyl (C=O) groups is 1. The van der Waals surface area contributed by atoms with Crippen molar-refractivity contribution in [1.29, 1.82) is 0 Å². The number of nitrogens with two attached hydrogens (primary N) is 1. The molecule has 4 nitrogen and oxygen atoms in total. The van der Waals surface area contributed by atoms with Crippen molar-refractivity contribution in [2.24, 2.45) is 0 Å². The Balaban J connectivity index is 1.76. The topological polar surface area (TPSA) is 64.3 Å². The Kier molecular flexibility index (Phi) is 5.51. The van der Waals surface area contributed by atoms with Gasteiger partial charge in [0.2, 0.25) is 0 Å². The van der Waals surface area contributed by atoms with Crippen molar-refractivity contribution in [2.75, 3.05) is 25.1 Å². The molecule has 0 aliphatic heterocycles. The maximum absolute atomic E-state index is 11.9. The van der Waals surface area contributed by atoms with Crippen LogP contribution in [0, 0.1) is 0 Å². The Hall–Kier alpha value is -2.14. The molecule has 0 aliphatic carbocycles. The van der Waals surface area contributed by atoms with Crippen LogP contribution >= 0.6 is 11.8 Å². The van der Waals surface area contributed by atoms with E-state index in [2.05, 4.69) is 5.32 Å². The fourth-order valence-corrected chi connectivity index (χ4v) is 2.19. The lowest BCUT2D eigenvalue weighted by Crippen LogP contribution is -2.28. The Morgan fingerprint density at radius 2 is 2.00 bits per heavy atom. The normalized spacial score (nSPS) is 10.1. The first kappa shape index (κ1) is 15.3. The number of nitrogen functional groups attached to an aromatic ring is 1. The zero-order valence-electron chi connectivity index (χ0n) is 11.8. The molecule has 0 fully saturated rings. The van der Waals surface area contributed by atoms with Crippen LogP contribution in [0.25, 0.3) is 0 Å². The van der Waals surface area contributed by atoms with Crippen molar-refractivity contribution in [3.63, 3.8) is 0 Å². The molecule has 0 bridgehead atoms. The van der Waals surface area contributed by atoms with Gasteiger partial charge in [-0.05, 0) is 42.7 Å². The van der Waals surface area contributed by atoms with Crippen LogP contribution in [0.4, 0.5) is 5.69 Å². The van der Waals surface area contributed by atoms with Crippen LogP contribution < -0.4 is 15.8 Å². The van der Waals surface area contributed by atoms with Crippen molar-refractivity contribution in [2.45, 2.75) is 4.90 Å². The first-order valence-corrected chi connectivity index (χ1v) is 7.82. The minimum atomic E-state index is -0.0983. The number of nitrogens with one attached hydrogen (secondary N) is 1. The van der Waals surface area contributed by atoms with Crippen LogP contribution in [0.1, 0.15) is 10.4 Å². The largest absolute Gasteiger partial charge is 0.492 e. The average Bonchev–Trinajstić information content (AvgIpc) is 2.51. The van der Waals surface area contributed by atoms with Gasteiger partial charge in [-0.3, -0.25) is 4.79 Å². The van der Waals surface area contributed by atoms with Crippen LogP contribution in [-0.2, 0) is 0 Å². The molecule has 2 aromatic rings. The predicted molar refractivity (Wildman–Crippen MR) is 86.9 cm³/mol. The summed E-state index contributed by atoms with van der Waals surface area (Å²) in [7, 11) is 0. The van der Waals surface area contributed by atoms with Gasteiger partial charge >= 0.3 is 0 Å². The highest BCUT2D eigenvalue weighted by Crippen LogP contribution is 2.15. The fourth-order valence-electron chi connectivity index (χ4n) is 1.78. The van der Waals surface area contributed by atoms with Crippen molar-refractivity contribution in [1.82, 2.24) is 5.32 Å². The second-order valence-corrected chi connectivity index (χ2v) is 5.29. The molecule has 0 unspecified atom stereocenters. The maximum atomic E-state index is 11.9. The average molecular weight is 302 g/mol. The molecule has 0 aliphatic rings. The van der Waals surface area contributed by atoms with Gasteiger partial charge < -0.3 is 15.8 Å². The predicted octanol–water partition coefficient (Wildman–Crippen LogP) is 2.80. The smallest absolute Gasteiger partial charge is 0.251 e. The Bertz CT molecular complexity index is 599. The van der Waals surface area contributed by atoms with E-state index in [9.17, 15) is 4.79 Å². The van der Waals surface area contributed by atoms with Crippen LogP contribution in [0.15, 0.2) is 53.4 Å². The molecule has 110 valence electrons. The van der Waals surface area contributed by atoms with E-state index in [-0.39, 0.29) is 5.91 Å². The molecule has 3 N–H and O–H groups in total. The second-order valence-electron chi connectivity index (χ2n) is 4.41. The third-order valence-corrected chi connectivity index (χ3v) is 3.61. The molecular formula is C16H18N2O2S. The summed E-state index contributed by atoms with van der Waals surface area (Å²) in [6.07, 6.45) is 2.00. The minimum Gasteiger partial charge on any atom is -0.492 e. The van der Waals surface area contributed by atoms with Gasteiger partial charge in [-0.2, -0.15) is 0 Å². The van der Waals surface area contributed by atoms with E-state index in [0.29, 0.717) is 30.2 Å². The van der Waals surface area contributed by atoms with Gasteiger partial charge in [-0.1, -0.05) is 6.07 Å². The van der Waals surface area contributed by atoms with Gasteiger partial charge in [0, 0.05) is 22.2 Å². The highest BCUT2D eigenvalue weighted by atomic mass is 32.2. The molecule has 0 saturated heterocycles. The van der Waals surface area contributed by atoms with E-state index in [1.165, 1.54) is 0 Å². The van der Waals surface area contributed by atoms with Gasteiger partial charge in [-0.15, -0.1) is 11.8 Å². The molecule has 0 aromatic heterocycles. The third-order valence-electron chi connectivity index (χ3n) is 2.87. The lowest BCUT2D eigenvalue weighted by molar-refractivity contribution is 0.0947. The van der Waals surface area contributed by atoms with Gasteiger partial charge in [0.1, 0.15) is 12.4 Å². The van der Waals surface area contributed by atoms with E-state index < -0.39 is 0 Å². The highest BCUT2D eigenvalue weighted by molar-refractivity contribution is 7.98. The first-order chi connectivity index (χ1) is 10.2. The Morgan fingerprint density at radius 1 is 1.24 bits per heavy atom. The number of amides is 1. The SMILES string of the molecule is CSc1ccc(C(=O)NCCOc2cccc(N)c2)cc1. The fraction of sp³-hybridized carbons (Fsp3) is 0.188. The minimum absolute atomic E-state index is 0.0983. The Labute approximate surface area is 128 Å². The van der Waals surface area contributed by atoms with Gasteiger partial charge in [-0.25, -0.2) is 0 Å². The van der Waals surface area contributed by atoms with Crippen molar-refractivity contribution >= 4 is 23.4 Å². The molecule has 0 radical (unpaired) electrons. The molecule has 5 heteroatoms. The van der Waals surface area contributed by atoms with E-state index in [4.69, 9.17) is 10.5 Å². The summed E-state index contributed by atoms with van der Waals surface area (Å²) in [4.78, 5) is 13.1. The van der Waals surface area contributed by atoms with E-state index in [1.54, 1.807) is 23.9 Å². The van der Waals surface area contributed by atoms with E-state index in [0.717, 1.165) is 4.90 Å². The van der Waals surface area contributed by atoms with E-state index >= 15 is 0 Å². The third kappa shape index (κ3) is 4.72. The molecule has 1 amide bonds. The summed E-state index contributed by atoms with van der Waals surface area (Å²) in [5, 5.41) is 2.82. The second kappa shape index (κ2) is 7.59. The lowest BCUT2D eigenvalue weighted by Gasteiger charge is -2.08. The molecule has 21 heavy (non-hydrogen) atoms. The number of hydrogen-bond donors (Lipinski definition) is 2. The maximum Gasteiger partial charge on any atom is 0.251 e. The van der Waals surface area contributed by atoms with Gasteiger partial charge in [0.05, 0.1) is 6.54 Å². The van der Waals surface area contributed by atoms with Crippen LogP contribution in [0.2, 0.25) is 0 Å². The lowest BCUT2D eigenvalue weighted by atomic mass is 10.2.